The molecule has 71 valence electrons. The maximum Gasteiger partial charge on any atom is 0 e. The van der Waals surface area contributed by atoms with Crippen molar-refractivity contribution in [1.82, 2.24) is 0 Å². The maximum atomic E-state index is 9.78. The van der Waals surface area contributed by atoms with Gasteiger partial charge in [-0.1, -0.05) is 0 Å². The molecule has 5 nitrogen and oxygen atoms in total. The SMILES string of the molecule is O.O=C(O)Oc1ccco1.[CaH2].[Cu]. The summed E-state index contributed by atoms with van der Waals surface area (Å²) < 4.78 is 8.65. The Morgan fingerprint density at radius 1 is 1.58 bits per heavy atom. The zero-order valence-corrected chi connectivity index (χ0v) is 6.15. The van der Waals surface area contributed by atoms with Gasteiger partial charge in [0.1, 0.15) is 0 Å². The third kappa shape index (κ3) is 6.97. The predicted molar refractivity (Wildman–Crippen MR) is 39.5 cm³/mol. The van der Waals surface area contributed by atoms with Crippen LogP contribution in [0.4, 0.5) is 4.79 Å². The van der Waals surface area contributed by atoms with Crippen molar-refractivity contribution in [2.45, 2.75) is 0 Å². The standard InChI is InChI=1S/C5H4O4.Ca.Cu.H2O.2H/c6-5(7)9-4-2-1-3-8-4;;;;;/h1-3H,(H,6,7);;;1H2;;. The van der Waals surface area contributed by atoms with Crippen molar-refractivity contribution in [3.63, 3.8) is 0 Å². The average Bonchev–Trinajstić information content (AvgIpc) is 2.15. The first kappa shape index (κ1) is 18.2. The van der Waals surface area contributed by atoms with Gasteiger partial charge in [-0.25, -0.2) is 4.79 Å². The number of hydrogen-bond acceptors (Lipinski definition) is 3. The summed E-state index contributed by atoms with van der Waals surface area (Å²) in [4.78, 5) is 9.78. The van der Waals surface area contributed by atoms with Gasteiger partial charge < -0.3 is 19.7 Å². The largest absolute Gasteiger partial charge is 0 e. The zero-order chi connectivity index (χ0) is 6.69. The molecule has 1 aromatic rings. The van der Waals surface area contributed by atoms with Crippen LogP contribution in [0.5, 0.6) is 5.95 Å². The fourth-order valence-electron chi connectivity index (χ4n) is 0.408. The molecule has 1 aromatic heterocycles. The van der Waals surface area contributed by atoms with E-state index in [0.717, 1.165) is 0 Å². The Kier molecular flexibility index (Phi) is 14.2. The third-order valence-corrected chi connectivity index (χ3v) is 0.683. The summed E-state index contributed by atoms with van der Waals surface area (Å²) in [5.74, 6) is -0.0116. The zero-order valence-electron chi connectivity index (χ0n) is 5.21. The fourth-order valence-corrected chi connectivity index (χ4v) is 0.408. The van der Waals surface area contributed by atoms with E-state index in [-0.39, 0.29) is 66.2 Å². The molecule has 0 fully saturated rings. The second-order valence-corrected chi connectivity index (χ2v) is 1.30. The molecule has 0 amide bonds. The number of carbonyl (C=O) groups is 1. The fraction of sp³-hybridized carbons (Fsp3) is 0. The Hall–Kier alpha value is 0.289. The smallest absolute Gasteiger partial charge is 0 e. The number of ether oxygens (including phenoxy) is 1. The molecule has 3 N–H and O–H groups in total. The van der Waals surface area contributed by atoms with Gasteiger partial charge in [0, 0.05) is 23.1 Å². The first-order chi connectivity index (χ1) is 4.29. The quantitative estimate of drug-likeness (QED) is 0.543. The van der Waals surface area contributed by atoms with Crippen molar-refractivity contribution < 1.29 is 41.6 Å². The molecule has 1 radical (unpaired) electrons. The van der Waals surface area contributed by atoms with Gasteiger partial charge in [-0.05, 0) is 6.07 Å². The van der Waals surface area contributed by atoms with Gasteiger partial charge in [0.25, 0.3) is 5.95 Å². The van der Waals surface area contributed by atoms with Crippen molar-refractivity contribution in [1.29, 1.82) is 0 Å². The summed E-state index contributed by atoms with van der Waals surface area (Å²) in [6, 6.07) is 2.95. The van der Waals surface area contributed by atoms with E-state index in [9.17, 15) is 4.79 Å². The molecule has 0 bridgehead atoms. The van der Waals surface area contributed by atoms with Gasteiger partial charge in [0.15, 0.2) is 0 Å². The Balaban J connectivity index is -0.000000270. The van der Waals surface area contributed by atoms with E-state index in [1.807, 2.05) is 0 Å². The Labute approximate surface area is 109 Å². The Morgan fingerprint density at radius 2 is 2.17 bits per heavy atom. The number of hydrogen-bond donors (Lipinski definition) is 1. The molecule has 12 heavy (non-hydrogen) atoms. The summed E-state index contributed by atoms with van der Waals surface area (Å²) in [6.07, 6.45) is -0.0388. The van der Waals surface area contributed by atoms with Crippen molar-refractivity contribution in [2.24, 2.45) is 0 Å². The molecule has 0 atom stereocenters. The van der Waals surface area contributed by atoms with Crippen LogP contribution >= 0.6 is 0 Å². The van der Waals surface area contributed by atoms with Crippen LogP contribution in [0.3, 0.4) is 0 Å². The summed E-state index contributed by atoms with van der Waals surface area (Å²) >= 11 is 0. The first-order valence-corrected chi connectivity index (χ1v) is 2.23. The van der Waals surface area contributed by atoms with Gasteiger partial charge in [0.2, 0.25) is 0 Å². The van der Waals surface area contributed by atoms with E-state index in [0.29, 0.717) is 0 Å². The molecular formula is C5H8CaCuO5. The summed E-state index contributed by atoms with van der Waals surface area (Å²) in [5.41, 5.74) is 0. The molecule has 0 aliphatic carbocycles. The third-order valence-electron chi connectivity index (χ3n) is 0.683. The summed E-state index contributed by atoms with van der Waals surface area (Å²) in [5, 5.41) is 8.00. The van der Waals surface area contributed by atoms with Gasteiger partial charge >= 0.3 is 43.9 Å². The van der Waals surface area contributed by atoms with E-state index < -0.39 is 6.16 Å². The molecule has 0 saturated heterocycles. The van der Waals surface area contributed by atoms with Crippen LogP contribution in [0.25, 0.3) is 0 Å². The summed E-state index contributed by atoms with van der Waals surface area (Å²) in [7, 11) is 0. The Morgan fingerprint density at radius 3 is 2.50 bits per heavy atom. The molecule has 0 unspecified atom stereocenters. The van der Waals surface area contributed by atoms with Crippen molar-refractivity contribution in [3.05, 3.63) is 18.4 Å². The number of furan rings is 1. The molecular weight excluding hydrogens is 244 g/mol. The second kappa shape index (κ2) is 9.38. The molecule has 0 aliphatic rings. The molecule has 0 spiro atoms. The van der Waals surface area contributed by atoms with Gasteiger partial charge in [-0.3, -0.25) is 0 Å². The molecule has 0 saturated carbocycles. The minimum Gasteiger partial charge on any atom is 0 e. The van der Waals surface area contributed by atoms with Gasteiger partial charge in [-0.2, -0.15) is 0 Å². The molecule has 0 aromatic carbocycles. The molecule has 1 heterocycles. The maximum absolute atomic E-state index is 9.78. The Bertz CT molecular complexity index is 200. The van der Waals surface area contributed by atoms with Crippen LogP contribution in [0.1, 0.15) is 0 Å². The van der Waals surface area contributed by atoms with Gasteiger partial charge in [-0.15, -0.1) is 0 Å². The summed E-state index contributed by atoms with van der Waals surface area (Å²) in [6.45, 7) is 0. The molecule has 7 heteroatoms. The van der Waals surface area contributed by atoms with E-state index in [4.69, 9.17) is 5.11 Å². The minimum absolute atomic E-state index is 0. The minimum atomic E-state index is -1.37. The van der Waals surface area contributed by atoms with E-state index in [1.54, 1.807) is 0 Å². The second-order valence-electron chi connectivity index (χ2n) is 1.30. The number of carboxylic acid groups (broad SMARTS) is 1. The van der Waals surface area contributed by atoms with Crippen LogP contribution in [0.2, 0.25) is 0 Å². The van der Waals surface area contributed by atoms with Crippen LogP contribution in [-0.4, -0.2) is 54.5 Å². The predicted octanol–water partition coefficient (Wildman–Crippen LogP) is -0.407. The van der Waals surface area contributed by atoms with Crippen molar-refractivity contribution in [3.8, 4) is 5.95 Å². The van der Waals surface area contributed by atoms with E-state index in [1.165, 1.54) is 18.4 Å². The average molecular weight is 252 g/mol. The number of rotatable bonds is 1. The topological polar surface area (TPSA) is 91.2 Å². The van der Waals surface area contributed by atoms with Crippen LogP contribution in [0, 0.1) is 0 Å². The van der Waals surface area contributed by atoms with Crippen LogP contribution in [0.15, 0.2) is 22.8 Å². The molecule has 0 aliphatic heterocycles. The first-order valence-electron chi connectivity index (χ1n) is 2.23. The van der Waals surface area contributed by atoms with Crippen molar-refractivity contribution in [2.75, 3.05) is 0 Å². The van der Waals surface area contributed by atoms with Crippen LogP contribution in [-0.2, 0) is 17.1 Å². The van der Waals surface area contributed by atoms with E-state index >= 15 is 0 Å². The molecule has 1 rings (SSSR count). The van der Waals surface area contributed by atoms with Gasteiger partial charge in [0.05, 0.1) is 6.26 Å². The van der Waals surface area contributed by atoms with E-state index in [2.05, 4.69) is 9.15 Å². The van der Waals surface area contributed by atoms with Crippen LogP contribution < -0.4 is 4.74 Å². The normalized spacial score (nSPS) is 6.67. The monoisotopic (exact) mass is 251 g/mol. The van der Waals surface area contributed by atoms with Crippen molar-refractivity contribution >= 4 is 43.9 Å².